The topological polar surface area (TPSA) is 164 Å². The zero-order valence-electron chi connectivity index (χ0n) is 29.7. The zero-order chi connectivity index (χ0) is 35.5. The molecule has 0 amide bonds. The van der Waals surface area contributed by atoms with E-state index >= 15 is 0 Å². The standard InChI is InChI=1S/C38H56O10/c1-33(2)17-19-38(32(45)46)20-18-36(5)23(24(38)21-33)7-8-26-34(3)15-14-27(48-31(44)12-10-29(41)42)35(4,25(34)13-16-37(26,36)6)22-47-30(43)11-9-28(39)40/h7,24-27H,8-22H2,1-6H3,(H,39,40)(H,41,42)(H,45,46)/t24-,25+,26?,27-,34-,35-,36+,37+,38-/m0/s1. The molecule has 10 heteroatoms. The Kier molecular flexibility index (Phi) is 9.43. The molecule has 5 rings (SSSR count). The molecule has 5 aliphatic rings. The second-order valence-electron chi connectivity index (χ2n) is 17.6. The van der Waals surface area contributed by atoms with Crippen LogP contribution in [0.5, 0.6) is 0 Å². The van der Waals surface area contributed by atoms with E-state index in [4.69, 9.17) is 19.7 Å². The second kappa shape index (κ2) is 12.4. The lowest BCUT2D eigenvalue weighted by Crippen LogP contribution is -2.66. The third-order valence-electron chi connectivity index (χ3n) is 14.7. The molecule has 9 atom stereocenters. The van der Waals surface area contributed by atoms with E-state index in [0.717, 1.165) is 44.9 Å². The minimum atomic E-state index is -1.08. The number of carboxylic acid groups (broad SMARTS) is 3. The van der Waals surface area contributed by atoms with Crippen LogP contribution in [0, 0.1) is 50.2 Å². The van der Waals surface area contributed by atoms with E-state index in [-0.39, 0.29) is 71.7 Å². The molecule has 1 unspecified atom stereocenters. The van der Waals surface area contributed by atoms with Crippen molar-refractivity contribution in [1.29, 1.82) is 0 Å². The van der Waals surface area contributed by atoms with E-state index < -0.39 is 46.8 Å². The van der Waals surface area contributed by atoms with Crippen LogP contribution >= 0.6 is 0 Å². The van der Waals surface area contributed by atoms with Crippen molar-refractivity contribution in [3.63, 3.8) is 0 Å². The molecule has 4 saturated carbocycles. The van der Waals surface area contributed by atoms with Gasteiger partial charge in [0.2, 0.25) is 0 Å². The maximum Gasteiger partial charge on any atom is 0.310 e. The summed E-state index contributed by atoms with van der Waals surface area (Å²) in [6.45, 7) is 13.7. The van der Waals surface area contributed by atoms with Crippen LogP contribution in [0.4, 0.5) is 0 Å². The third kappa shape index (κ3) is 5.86. The number of fused-ring (bicyclic) bond motifs is 7. The highest BCUT2D eigenvalue weighted by Crippen LogP contribution is 2.76. The molecule has 0 saturated heterocycles. The molecule has 0 heterocycles. The molecule has 48 heavy (non-hydrogen) atoms. The smallest absolute Gasteiger partial charge is 0.310 e. The largest absolute Gasteiger partial charge is 0.481 e. The van der Waals surface area contributed by atoms with Crippen LogP contribution in [0.3, 0.4) is 0 Å². The van der Waals surface area contributed by atoms with Gasteiger partial charge in [-0.1, -0.05) is 53.2 Å². The molecule has 5 aliphatic carbocycles. The van der Waals surface area contributed by atoms with E-state index in [1.807, 2.05) is 6.92 Å². The molecule has 0 aliphatic heterocycles. The van der Waals surface area contributed by atoms with Gasteiger partial charge in [0.25, 0.3) is 0 Å². The van der Waals surface area contributed by atoms with Gasteiger partial charge in [0.05, 0.1) is 31.1 Å². The Morgan fingerprint density at radius 1 is 0.750 bits per heavy atom. The average molecular weight is 673 g/mol. The van der Waals surface area contributed by atoms with Crippen molar-refractivity contribution < 1.29 is 48.8 Å². The lowest BCUT2D eigenvalue weighted by molar-refractivity contribution is -0.227. The number of allylic oxidation sites excluding steroid dienone is 2. The van der Waals surface area contributed by atoms with E-state index in [2.05, 4.69) is 40.7 Å². The maximum absolute atomic E-state index is 13.0. The van der Waals surface area contributed by atoms with Gasteiger partial charge in [-0.05, 0) is 104 Å². The zero-order valence-corrected chi connectivity index (χ0v) is 29.7. The number of ether oxygens (including phenoxy) is 2. The van der Waals surface area contributed by atoms with Crippen LogP contribution in [0.2, 0.25) is 0 Å². The first-order valence-electron chi connectivity index (χ1n) is 18.0. The van der Waals surface area contributed by atoms with Crippen molar-refractivity contribution in [2.24, 2.45) is 50.2 Å². The second-order valence-corrected chi connectivity index (χ2v) is 17.6. The fourth-order valence-corrected chi connectivity index (χ4v) is 11.8. The quantitative estimate of drug-likeness (QED) is 0.162. The Labute approximate surface area is 284 Å². The van der Waals surface area contributed by atoms with Gasteiger partial charge in [0, 0.05) is 5.41 Å². The predicted octanol–water partition coefficient (Wildman–Crippen LogP) is 7.04. The summed E-state index contributed by atoms with van der Waals surface area (Å²) in [5.74, 6) is -3.74. The van der Waals surface area contributed by atoms with Gasteiger partial charge >= 0.3 is 29.8 Å². The summed E-state index contributed by atoms with van der Waals surface area (Å²) in [6, 6.07) is 0. The monoisotopic (exact) mass is 672 g/mol. The van der Waals surface area contributed by atoms with Crippen LogP contribution in [0.25, 0.3) is 0 Å². The summed E-state index contributed by atoms with van der Waals surface area (Å²) in [7, 11) is 0. The van der Waals surface area contributed by atoms with Crippen LogP contribution in [0.15, 0.2) is 11.6 Å². The Balaban J connectivity index is 1.49. The van der Waals surface area contributed by atoms with Crippen LogP contribution in [0.1, 0.15) is 131 Å². The third-order valence-corrected chi connectivity index (χ3v) is 14.7. The van der Waals surface area contributed by atoms with Gasteiger partial charge in [-0.15, -0.1) is 0 Å². The van der Waals surface area contributed by atoms with Crippen molar-refractivity contribution in [1.82, 2.24) is 0 Å². The van der Waals surface area contributed by atoms with Crippen LogP contribution in [-0.2, 0) is 33.4 Å². The van der Waals surface area contributed by atoms with Crippen molar-refractivity contribution in [3.05, 3.63) is 11.6 Å². The molecule has 10 nitrogen and oxygen atoms in total. The summed E-state index contributed by atoms with van der Waals surface area (Å²) in [5.41, 5.74) is -0.530. The number of carbonyl (C=O) groups is 5. The minimum Gasteiger partial charge on any atom is -0.481 e. The maximum atomic E-state index is 13.0. The summed E-state index contributed by atoms with van der Waals surface area (Å²) in [5, 5.41) is 28.9. The van der Waals surface area contributed by atoms with Gasteiger partial charge in [0.1, 0.15) is 12.7 Å². The summed E-state index contributed by atoms with van der Waals surface area (Å²) < 4.78 is 11.8. The van der Waals surface area contributed by atoms with Gasteiger partial charge in [-0.25, -0.2) is 0 Å². The van der Waals surface area contributed by atoms with E-state index in [9.17, 15) is 29.1 Å². The van der Waals surface area contributed by atoms with Crippen molar-refractivity contribution in [2.75, 3.05) is 6.61 Å². The Morgan fingerprint density at radius 3 is 2.00 bits per heavy atom. The number of esters is 2. The summed E-state index contributed by atoms with van der Waals surface area (Å²) in [6.07, 6.45) is 8.52. The SMILES string of the molecule is CC1(C)CC[C@]2(C(=O)O)CC[C@]3(C)C(=CCC4[C@@]5(C)CC[C@H](OC(=O)CCC(=O)O)[C@@](C)(COC(=O)CCC(=O)O)[C@@H]5CC[C@]43C)[C@@H]2C1. The summed E-state index contributed by atoms with van der Waals surface area (Å²) >= 11 is 0. The molecule has 0 aromatic rings. The molecular weight excluding hydrogens is 616 g/mol. The highest BCUT2D eigenvalue weighted by Gasteiger charge is 2.70. The number of hydrogen-bond acceptors (Lipinski definition) is 7. The Morgan fingerprint density at radius 2 is 1.38 bits per heavy atom. The first-order chi connectivity index (χ1) is 22.2. The van der Waals surface area contributed by atoms with Gasteiger partial charge < -0.3 is 24.8 Å². The van der Waals surface area contributed by atoms with E-state index in [1.54, 1.807) is 0 Å². The highest BCUT2D eigenvalue weighted by atomic mass is 16.6. The predicted molar refractivity (Wildman–Crippen MR) is 176 cm³/mol. The number of carboxylic acids is 3. The molecule has 268 valence electrons. The van der Waals surface area contributed by atoms with Gasteiger partial charge in [-0.3, -0.25) is 24.0 Å². The van der Waals surface area contributed by atoms with Gasteiger partial charge in [0.15, 0.2) is 0 Å². The van der Waals surface area contributed by atoms with Gasteiger partial charge in [-0.2, -0.15) is 0 Å². The van der Waals surface area contributed by atoms with Crippen molar-refractivity contribution in [2.45, 2.75) is 138 Å². The normalized spacial score (nSPS) is 41.2. The molecule has 0 spiro atoms. The number of aliphatic carboxylic acids is 3. The first kappa shape index (κ1) is 36.4. The number of carbonyl (C=O) groups excluding carboxylic acids is 2. The number of hydrogen-bond donors (Lipinski definition) is 3. The highest BCUT2D eigenvalue weighted by molar-refractivity contribution is 5.78. The van der Waals surface area contributed by atoms with Crippen molar-refractivity contribution >= 4 is 29.8 Å². The Hall–Kier alpha value is -2.91. The molecular formula is C38H56O10. The number of rotatable bonds is 10. The Bertz CT molecular complexity index is 1380. The molecule has 3 N–H and O–H groups in total. The lowest BCUT2D eigenvalue weighted by Gasteiger charge is -2.71. The molecule has 0 aromatic carbocycles. The fourth-order valence-electron chi connectivity index (χ4n) is 11.8. The van der Waals surface area contributed by atoms with Crippen molar-refractivity contribution in [3.8, 4) is 0 Å². The van der Waals surface area contributed by atoms with E-state index in [1.165, 1.54) is 5.57 Å². The fraction of sp³-hybridized carbons (Fsp3) is 0.816. The summed E-state index contributed by atoms with van der Waals surface area (Å²) in [4.78, 5) is 60.8. The minimum absolute atomic E-state index is 0.00948. The molecule has 0 radical (unpaired) electrons. The van der Waals surface area contributed by atoms with Crippen LogP contribution < -0.4 is 0 Å². The van der Waals surface area contributed by atoms with E-state index in [0.29, 0.717) is 19.3 Å². The first-order valence-corrected chi connectivity index (χ1v) is 18.0. The molecule has 0 bridgehead atoms. The lowest BCUT2D eigenvalue weighted by atomic mass is 9.33. The van der Waals surface area contributed by atoms with Crippen LogP contribution in [-0.4, -0.2) is 57.9 Å². The average Bonchev–Trinajstić information content (AvgIpc) is 2.99. The molecule has 0 aromatic heterocycles. The molecule has 4 fully saturated rings.